The summed E-state index contributed by atoms with van der Waals surface area (Å²) in [6.07, 6.45) is 6.65. The molecule has 19 heavy (non-hydrogen) atoms. The van der Waals surface area contributed by atoms with E-state index >= 15 is 0 Å². The maximum Gasteiger partial charge on any atom is 0.222 e. The fourth-order valence-corrected chi connectivity index (χ4v) is 3.68. The van der Waals surface area contributed by atoms with Crippen LogP contribution >= 0.6 is 0 Å². The Morgan fingerprint density at radius 2 is 1.95 bits per heavy atom. The molecule has 2 aliphatic heterocycles. The Balaban J connectivity index is 1.92. The first-order chi connectivity index (χ1) is 9.27. The van der Waals surface area contributed by atoms with Crippen molar-refractivity contribution in [2.75, 3.05) is 33.4 Å². The Morgan fingerprint density at radius 1 is 1.21 bits per heavy atom. The van der Waals surface area contributed by atoms with Crippen LogP contribution in [0.2, 0.25) is 0 Å². The summed E-state index contributed by atoms with van der Waals surface area (Å²) in [6.45, 7) is 6.09. The highest BCUT2D eigenvalue weighted by atomic mass is 16.5. The van der Waals surface area contributed by atoms with E-state index in [0.29, 0.717) is 24.4 Å². The molecule has 2 unspecified atom stereocenters. The van der Waals surface area contributed by atoms with Crippen molar-refractivity contribution < 1.29 is 9.53 Å². The first kappa shape index (κ1) is 14.8. The van der Waals surface area contributed by atoms with Crippen LogP contribution in [0.4, 0.5) is 0 Å². The molecule has 0 bridgehead atoms. The van der Waals surface area contributed by atoms with E-state index < -0.39 is 0 Å². The third-order valence-corrected chi connectivity index (χ3v) is 4.57. The lowest BCUT2D eigenvalue weighted by molar-refractivity contribution is -0.132. The highest BCUT2D eigenvalue weighted by Gasteiger charge is 2.38. The fourth-order valence-electron chi connectivity index (χ4n) is 3.68. The molecule has 2 rings (SSSR count). The number of nitrogens with zero attached hydrogens (tertiary/aromatic N) is 2. The number of likely N-dealkylation sites (tertiary alicyclic amines) is 2. The Kier molecular flexibility index (Phi) is 5.64. The number of hydrogen-bond donors (Lipinski definition) is 0. The van der Waals surface area contributed by atoms with Gasteiger partial charge in [0.05, 0.1) is 0 Å². The van der Waals surface area contributed by atoms with E-state index in [0.717, 1.165) is 26.1 Å². The van der Waals surface area contributed by atoms with Crippen molar-refractivity contribution in [1.29, 1.82) is 0 Å². The highest BCUT2D eigenvalue weighted by molar-refractivity contribution is 5.76. The van der Waals surface area contributed by atoms with Crippen molar-refractivity contribution in [1.82, 2.24) is 9.80 Å². The van der Waals surface area contributed by atoms with Crippen LogP contribution in [0.25, 0.3) is 0 Å². The zero-order valence-electron chi connectivity index (χ0n) is 12.4. The number of carbonyl (C=O) groups is 1. The number of amides is 1. The van der Waals surface area contributed by atoms with Crippen molar-refractivity contribution in [3.05, 3.63) is 0 Å². The second-order valence-electron chi connectivity index (χ2n) is 5.74. The zero-order valence-corrected chi connectivity index (χ0v) is 12.4. The van der Waals surface area contributed by atoms with Gasteiger partial charge < -0.3 is 9.64 Å². The quantitative estimate of drug-likeness (QED) is 0.690. The van der Waals surface area contributed by atoms with Crippen LogP contribution in [-0.4, -0.2) is 61.1 Å². The molecule has 0 N–H and O–H groups in total. The molecule has 4 nitrogen and oxygen atoms in total. The largest absolute Gasteiger partial charge is 0.385 e. The topological polar surface area (TPSA) is 32.8 Å². The van der Waals surface area contributed by atoms with Gasteiger partial charge in [0.25, 0.3) is 0 Å². The van der Waals surface area contributed by atoms with Crippen molar-refractivity contribution in [2.24, 2.45) is 0 Å². The molecule has 0 saturated carbocycles. The summed E-state index contributed by atoms with van der Waals surface area (Å²) >= 11 is 0. The highest BCUT2D eigenvalue weighted by Crippen LogP contribution is 2.30. The average Bonchev–Trinajstić information content (AvgIpc) is 3.05. The molecule has 4 heteroatoms. The number of carbonyl (C=O) groups excluding carboxylic acids is 1. The van der Waals surface area contributed by atoms with E-state index in [1.807, 2.05) is 6.92 Å². The maximum atomic E-state index is 12.0. The molecule has 0 aliphatic carbocycles. The Hall–Kier alpha value is -0.610. The van der Waals surface area contributed by atoms with Gasteiger partial charge in [-0.2, -0.15) is 0 Å². The third kappa shape index (κ3) is 3.48. The molecular weight excluding hydrogens is 240 g/mol. The van der Waals surface area contributed by atoms with Crippen LogP contribution in [0.15, 0.2) is 0 Å². The number of methoxy groups -OCH3 is 1. The van der Waals surface area contributed by atoms with Gasteiger partial charge in [-0.3, -0.25) is 9.69 Å². The third-order valence-electron chi connectivity index (χ3n) is 4.57. The van der Waals surface area contributed by atoms with Gasteiger partial charge in [0, 0.05) is 45.3 Å². The minimum absolute atomic E-state index is 0.339. The number of ether oxygens (including phenoxy) is 1. The molecular formula is C15H28N2O2. The molecule has 110 valence electrons. The van der Waals surface area contributed by atoms with Crippen molar-refractivity contribution in [3.63, 3.8) is 0 Å². The molecule has 0 spiro atoms. The molecule has 0 aromatic carbocycles. The normalized spacial score (nSPS) is 28.2. The van der Waals surface area contributed by atoms with E-state index in [1.165, 1.54) is 32.2 Å². The summed E-state index contributed by atoms with van der Waals surface area (Å²) < 4.78 is 5.15. The van der Waals surface area contributed by atoms with E-state index in [2.05, 4.69) is 9.80 Å². The summed E-state index contributed by atoms with van der Waals surface area (Å²) in [5.74, 6) is 0.339. The summed E-state index contributed by atoms with van der Waals surface area (Å²) in [6, 6.07) is 1.06. The Morgan fingerprint density at radius 3 is 2.68 bits per heavy atom. The van der Waals surface area contributed by atoms with Crippen LogP contribution < -0.4 is 0 Å². The lowest BCUT2D eigenvalue weighted by Crippen LogP contribution is -2.48. The minimum Gasteiger partial charge on any atom is -0.385 e. The summed E-state index contributed by atoms with van der Waals surface area (Å²) in [7, 11) is 1.76. The smallest absolute Gasteiger partial charge is 0.222 e. The summed E-state index contributed by atoms with van der Waals surface area (Å²) in [5.41, 5.74) is 0. The molecule has 2 aliphatic rings. The van der Waals surface area contributed by atoms with E-state index in [4.69, 9.17) is 4.74 Å². The first-order valence-corrected chi connectivity index (χ1v) is 7.80. The van der Waals surface area contributed by atoms with Crippen LogP contribution in [0, 0.1) is 0 Å². The second kappa shape index (κ2) is 7.25. The van der Waals surface area contributed by atoms with Crippen LogP contribution in [0.5, 0.6) is 0 Å². The van der Waals surface area contributed by atoms with Gasteiger partial charge in [0.15, 0.2) is 0 Å². The van der Waals surface area contributed by atoms with E-state index in [1.54, 1.807) is 7.11 Å². The van der Waals surface area contributed by atoms with Crippen molar-refractivity contribution in [2.45, 2.75) is 57.5 Å². The van der Waals surface area contributed by atoms with E-state index in [-0.39, 0.29) is 0 Å². The Labute approximate surface area is 117 Å². The molecule has 2 fully saturated rings. The maximum absolute atomic E-state index is 12.0. The van der Waals surface area contributed by atoms with Gasteiger partial charge >= 0.3 is 0 Å². The Bertz CT molecular complexity index is 296. The molecule has 0 aromatic rings. The monoisotopic (exact) mass is 268 g/mol. The minimum atomic E-state index is 0.339. The lowest BCUT2D eigenvalue weighted by atomic mass is 10.0. The van der Waals surface area contributed by atoms with Gasteiger partial charge in [-0.05, 0) is 38.6 Å². The van der Waals surface area contributed by atoms with Gasteiger partial charge in [-0.1, -0.05) is 6.92 Å². The summed E-state index contributed by atoms with van der Waals surface area (Å²) in [5, 5.41) is 0. The molecule has 1 amide bonds. The predicted octanol–water partition coefficient (Wildman–Crippen LogP) is 1.89. The molecule has 2 saturated heterocycles. The van der Waals surface area contributed by atoms with Gasteiger partial charge in [-0.25, -0.2) is 0 Å². The average molecular weight is 268 g/mol. The second-order valence-corrected chi connectivity index (χ2v) is 5.74. The van der Waals surface area contributed by atoms with E-state index in [9.17, 15) is 4.79 Å². The van der Waals surface area contributed by atoms with Crippen molar-refractivity contribution in [3.8, 4) is 0 Å². The number of hydrogen-bond acceptors (Lipinski definition) is 3. The molecule has 0 radical (unpaired) electrons. The lowest BCUT2D eigenvalue weighted by Gasteiger charge is -2.35. The first-order valence-electron chi connectivity index (χ1n) is 7.80. The van der Waals surface area contributed by atoms with Crippen LogP contribution in [0.3, 0.4) is 0 Å². The standard InChI is InChI=1S/C15H28N2O2/c1-3-15(18)17-11-5-8-14(17)13-7-4-9-16(13)10-6-12-19-2/h13-14H,3-12H2,1-2H3. The predicted molar refractivity (Wildman–Crippen MR) is 76.1 cm³/mol. The fraction of sp³-hybridized carbons (Fsp3) is 0.933. The van der Waals surface area contributed by atoms with Crippen LogP contribution in [0.1, 0.15) is 45.4 Å². The number of rotatable bonds is 6. The summed E-state index contributed by atoms with van der Waals surface area (Å²) in [4.78, 5) is 16.8. The van der Waals surface area contributed by atoms with Crippen molar-refractivity contribution >= 4 is 5.91 Å². The SMILES string of the molecule is CCC(=O)N1CCCC1C1CCCN1CCCOC. The van der Waals surface area contributed by atoms with Gasteiger partial charge in [0.1, 0.15) is 0 Å². The molecule has 2 heterocycles. The van der Waals surface area contributed by atoms with Crippen LogP contribution in [-0.2, 0) is 9.53 Å². The van der Waals surface area contributed by atoms with Gasteiger partial charge in [0.2, 0.25) is 5.91 Å². The molecule has 2 atom stereocenters. The molecule has 0 aromatic heterocycles. The van der Waals surface area contributed by atoms with Gasteiger partial charge in [-0.15, -0.1) is 0 Å². The zero-order chi connectivity index (χ0) is 13.7.